The average Bonchev–Trinajstić information content (AvgIpc) is 2.73. The second kappa shape index (κ2) is 5.84. The summed E-state index contributed by atoms with van der Waals surface area (Å²) >= 11 is 0. The number of likely N-dealkylation sites (N-methyl/N-ethyl adjacent to an activating group) is 1. The molecule has 1 atom stereocenters. The standard InChI is InChI=1S/C14H20N4O/c1-3-6-13-17-10-7-4-5-8-12(10)18(13)9-11(16-2)14(15)19/h4-5,7-8,11,16H,3,6,9H2,1-2H3,(H2,15,19). The molecule has 0 fully saturated rings. The topological polar surface area (TPSA) is 72.9 Å². The van der Waals surface area contributed by atoms with Gasteiger partial charge in [-0.15, -0.1) is 0 Å². The molecule has 2 rings (SSSR count). The van der Waals surface area contributed by atoms with Gasteiger partial charge >= 0.3 is 0 Å². The third-order valence-electron chi connectivity index (χ3n) is 3.26. The quantitative estimate of drug-likeness (QED) is 0.815. The molecular formula is C14H20N4O. The third kappa shape index (κ3) is 2.76. The molecule has 1 amide bonds. The number of hydrogen-bond donors (Lipinski definition) is 2. The maximum Gasteiger partial charge on any atom is 0.236 e. The average molecular weight is 260 g/mol. The number of hydrogen-bond acceptors (Lipinski definition) is 3. The van der Waals surface area contributed by atoms with Crippen molar-refractivity contribution in [2.45, 2.75) is 32.4 Å². The molecule has 0 spiro atoms. The molecule has 1 heterocycles. The van der Waals surface area contributed by atoms with Gasteiger partial charge in [0.25, 0.3) is 0 Å². The highest BCUT2D eigenvalue weighted by molar-refractivity contribution is 5.80. The van der Waals surface area contributed by atoms with E-state index in [1.54, 1.807) is 7.05 Å². The Labute approximate surface area is 112 Å². The monoisotopic (exact) mass is 260 g/mol. The fraction of sp³-hybridized carbons (Fsp3) is 0.429. The van der Waals surface area contributed by atoms with Gasteiger partial charge in [0.15, 0.2) is 0 Å². The molecule has 0 radical (unpaired) electrons. The summed E-state index contributed by atoms with van der Waals surface area (Å²) in [4.78, 5) is 16.0. The molecule has 0 saturated carbocycles. The van der Waals surface area contributed by atoms with Crippen LogP contribution in [-0.4, -0.2) is 28.5 Å². The van der Waals surface area contributed by atoms with E-state index in [0.29, 0.717) is 6.54 Å². The molecule has 3 N–H and O–H groups in total. The lowest BCUT2D eigenvalue weighted by atomic mass is 10.2. The SMILES string of the molecule is CCCc1nc2ccccc2n1CC(NC)C(N)=O. The number of rotatable bonds is 6. The number of aromatic nitrogens is 2. The Hall–Kier alpha value is -1.88. The van der Waals surface area contributed by atoms with Crippen molar-refractivity contribution in [3.8, 4) is 0 Å². The van der Waals surface area contributed by atoms with E-state index in [4.69, 9.17) is 5.73 Å². The highest BCUT2D eigenvalue weighted by atomic mass is 16.1. The van der Waals surface area contributed by atoms with Gasteiger partial charge in [0.2, 0.25) is 5.91 Å². The molecule has 0 aliphatic heterocycles. The van der Waals surface area contributed by atoms with Gasteiger partial charge in [0, 0.05) is 13.0 Å². The Morgan fingerprint density at radius 3 is 2.84 bits per heavy atom. The van der Waals surface area contributed by atoms with Crippen molar-refractivity contribution >= 4 is 16.9 Å². The molecular weight excluding hydrogens is 240 g/mol. The lowest BCUT2D eigenvalue weighted by Gasteiger charge is -2.15. The number of nitrogens with zero attached hydrogens (tertiary/aromatic N) is 2. The number of nitrogens with two attached hydrogens (primary N) is 1. The van der Waals surface area contributed by atoms with E-state index in [2.05, 4.69) is 21.8 Å². The normalized spacial score (nSPS) is 12.7. The van der Waals surface area contributed by atoms with Crippen LogP contribution in [0.3, 0.4) is 0 Å². The van der Waals surface area contributed by atoms with Gasteiger partial charge in [-0.05, 0) is 25.6 Å². The zero-order chi connectivity index (χ0) is 13.8. The Bertz CT molecular complexity index is 576. The van der Waals surface area contributed by atoms with Crippen molar-refractivity contribution < 1.29 is 4.79 Å². The van der Waals surface area contributed by atoms with Crippen LogP contribution in [-0.2, 0) is 17.8 Å². The Balaban J connectivity index is 2.43. The molecule has 2 aromatic rings. The zero-order valence-corrected chi connectivity index (χ0v) is 11.4. The summed E-state index contributed by atoms with van der Waals surface area (Å²) in [6, 6.07) is 7.58. The number of amides is 1. The third-order valence-corrected chi connectivity index (χ3v) is 3.26. The molecule has 0 aliphatic rings. The van der Waals surface area contributed by atoms with E-state index in [-0.39, 0.29) is 11.9 Å². The van der Waals surface area contributed by atoms with Gasteiger partial charge in [0.1, 0.15) is 11.9 Å². The highest BCUT2D eigenvalue weighted by Gasteiger charge is 2.17. The van der Waals surface area contributed by atoms with E-state index >= 15 is 0 Å². The number of para-hydroxylation sites is 2. The maximum absolute atomic E-state index is 11.4. The van der Waals surface area contributed by atoms with Gasteiger partial charge in [-0.1, -0.05) is 19.1 Å². The van der Waals surface area contributed by atoms with Crippen molar-refractivity contribution in [2.75, 3.05) is 7.05 Å². The molecule has 5 heteroatoms. The molecule has 102 valence electrons. The minimum absolute atomic E-state index is 0.345. The van der Waals surface area contributed by atoms with Gasteiger partial charge in [0.05, 0.1) is 11.0 Å². The molecule has 0 bridgehead atoms. The van der Waals surface area contributed by atoms with Crippen LogP contribution in [0.2, 0.25) is 0 Å². The minimum atomic E-state index is -0.381. The molecule has 0 saturated heterocycles. The number of carbonyl (C=O) groups excluding carboxylic acids is 1. The van der Waals surface area contributed by atoms with Crippen molar-refractivity contribution in [1.82, 2.24) is 14.9 Å². The largest absolute Gasteiger partial charge is 0.368 e. The molecule has 1 aromatic heterocycles. The lowest BCUT2D eigenvalue weighted by molar-refractivity contribution is -0.120. The number of nitrogens with one attached hydrogen (secondary N) is 1. The first-order valence-corrected chi connectivity index (χ1v) is 6.58. The fourth-order valence-corrected chi connectivity index (χ4v) is 2.25. The molecule has 1 aromatic carbocycles. The summed E-state index contributed by atoms with van der Waals surface area (Å²) < 4.78 is 2.09. The fourth-order valence-electron chi connectivity index (χ4n) is 2.25. The van der Waals surface area contributed by atoms with Crippen molar-refractivity contribution in [1.29, 1.82) is 0 Å². The van der Waals surface area contributed by atoms with E-state index in [0.717, 1.165) is 29.7 Å². The summed E-state index contributed by atoms with van der Waals surface area (Å²) in [5.41, 5.74) is 7.41. The summed E-state index contributed by atoms with van der Waals surface area (Å²) in [6.07, 6.45) is 1.91. The Kier molecular flexibility index (Phi) is 4.16. The number of carbonyl (C=O) groups is 1. The van der Waals surface area contributed by atoms with Crippen LogP contribution in [0.5, 0.6) is 0 Å². The first kappa shape index (κ1) is 13.5. The van der Waals surface area contributed by atoms with E-state index in [9.17, 15) is 4.79 Å². The van der Waals surface area contributed by atoms with Crippen molar-refractivity contribution in [2.24, 2.45) is 5.73 Å². The van der Waals surface area contributed by atoms with Crippen LogP contribution < -0.4 is 11.1 Å². The second-order valence-corrected chi connectivity index (χ2v) is 4.62. The van der Waals surface area contributed by atoms with Crippen LogP contribution in [0.1, 0.15) is 19.2 Å². The number of imidazole rings is 1. The summed E-state index contributed by atoms with van der Waals surface area (Å²) in [7, 11) is 1.74. The van der Waals surface area contributed by atoms with Crippen molar-refractivity contribution in [3.63, 3.8) is 0 Å². The zero-order valence-electron chi connectivity index (χ0n) is 11.4. The summed E-state index contributed by atoms with van der Waals surface area (Å²) in [5, 5.41) is 2.95. The summed E-state index contributed by atoms with van der Waals surface area (Å²) in [5.74, 6) is 0.660. The Morgan fingerprint density at radius 1 is 1.47 bits per heavy atom. The van der Waals surface area contributed by atoms with Crippen LogP contribution in [0.15, 0.2) is 24.3 Å². The Morgan fingerprint density at radius 2 is 2.21 bits per heavy atom. The highest BCUT2D eigenvalue weighted by Crippen LogP contribution is 2.17. The predicted octanol–water partition coefficient (Wildman–Crippen LogP) is 1.06. The molecule has 1 unspecified atom stereocenters. The first-order valence-electron chi connectivity index (χ1n) is 6.58. The van der Waals surface area contributed by atoms with Gasteiger partial charge in [-0.3, -0.25) is 4.79 Å². The summed E-state index contributed by atoms with van der Waals surface area (Å²) in [6.45, 7) is 2.63. The number of fused-ring (bicyclic) bond motifs is 1. The van der Waals surface area contributed by atoms with E-state index in [1.807, 2.05) is 24.3 Å². The number of primary amides is 1. The van der Waals surface area contributed by atoms with Crippen LogP contribution in [0, 0.1) is 0 Å². The van der Waals surface area contributed by atoms with Crippen LogP contribution in [0.25, 0.3) is 11.0 Å². The molecule has 0 aliphatic carbocycles. The van der Waals surface area contributed by atoms with Crippen LogP contribution >= 0.6 is 0 Å². The van der Waals surface area contributed by atoms with Crippen LogP contribution in [0.4, 0.5) is 0 Å². The lowest BCUT2D eigenvalue weighted by Crippen LogP contribution is -2.42. The van der Waals surface area contributed by atoms with Gasteiger partial charge in [-0.25, -0.2) is 4.98 Å². The van der Waals surface area contributed by atoms with Gasteiger partial charge < -0.3 is 15.6 Å². The first-order chi connectivity index (χ1) is 9.17. The number of aryl methyl sites for hydroxylation is 1. The second-order valence-electron chi connectivity index (χ2n) is 4.62. The van der Waals surface area contributed by atoms with Gasteiger partial charge in [-0.2, -0.15) is 0 Å². The maximum atomic E-state index is 11.4. The minimum Gasteiger partial charge on any atom is -0.368 e. The van der Waals surface area contributed by atoms with Crippen molar-refractivity contribution in [3.05, 3.63) is 30.1 Å². The molecule has 19 heavy (non-hydrogen) atoms. The predicted molar refractivity (Wildman–Crippen MR) is 75.8 cm³/mol. The number of benzene rings is 1. The van der Waals surface area contributed by atoms with E-state index < -0.39 is 0 Å². The van der Waals surface area contributed by atoms with E-state index in [1.165, 1.54) is 0 Å². The smallest absolute Gasteiger partial charge is 0.236 e. The molecule has 5 nitrogen and oxygen atoms in total.